The number of aliphatic hydroxyl groups is 1. The highest BCUT2D eigenvalue weighted by Gasteiger charge is 2.13. The van der Waals surface area contributed by atoms with Gasteiger partial charge in [0.2, 0.25) is 0 Å². The molecule has 0 bridgehead atoms. The van der Waals surface area contributed by atoms with Gasteiger partial charge in [0.05, 0.1) is 11.5 Å². The molecule has 2 aromatic heterocycles. The summed E-state index contributed by atoms with van der Waals surface area (Å²) in [4.78, 5) is 10.7. The van der Waals surface area contributed by atoms with Crippen LogP contribution in [-0.4, -0.2) is 20.1 Å². The first-order valence-corrected chi connectivity index (χ1v) is 4.40. The predicted molar refractivity (Wildman–Crippen MR) is 54.1 cm³/mol. The predicted octanol–water partition coefficient (Wildman–Crippen LogP) is 1.83. The molecule has 5 heteroatoms. The van der Waals surface area contributed by atoms with Gasteiger partial charge in [-0.25, -0.2) is 9.97 Å². The summed E-state index contributed by atoms with van der Waals surface area (Å²) < 4.78 is 0. The first kappa shape index (κ1) is 9.18. The lowest BCUT2D eigenvalue weighted by molar-refractivity contribution is 0.230. The van der Waals surface area contributed by atoms with E-state index >= 15 is 0 Å². The van der Waals surface area contributed by atoms with Crippen LogP contribution in [-0.2, 0) is 0 Å². The Hall–Kier alpha value is -1.39. The van der Waals surface area contributed by atoms with E-state index in [9.17, 15) is 5.11 Å². The van der Waals surface area contributed by atoms with Crippen molar-refractivity contribution in [2.24, 2.45) is 0 Å². The second-order valence-electron chi connectivity index (χ2n) is 2.81. The molecule has 0 radical (unpaired) electrons. The molecule has 0 amide bonds. The molecule has 0 saturated heterocycles. The highest BCUT2D eigenvalue weighted by Crippen LogP contribution is 2.27. The van der Waals surface area contributed by atoms with Gasteiger partial charge in [-0.1, -0.05) is 17.7 Å². The van der Waals surface area contributed by atoms with Crippen LogP contribution < -0.4 is 0 Å². The van der Waals surface area contributed by atoms with Gasteiger partial charge < -0.3 is 10.1 Å². The first-order valence-electron chi connectivity index (χ1n) is 4.02. The molecule has 0 spiro atoms. The Morgan fingerprint density at radius 3 is 3.07 bits per heavy atom. The summed E-state index contributed by atoms with van der Waals surface area (Å²) in [5.41, 5.74) is 1.25. The topological polar surface area (TPSA) is 61.8 Å². The average molecular weight is 210 g/mol. The van der Waals surface area contributed by atoms with Gasteiger partial charge in [-0.15, -0.1) is 6.58 Å². The summed E-state index contributed by atoms with van der Waals surface area (Å²) in [6.45, 7) is 3.51. The minimum absolute atomic E-state index is 0.326. The average Bonchev–Trinajstić information content (AvgIpc) is 2.62. The lowest BCUT2D eigenvalue weighted by Crippen LogP contribution is -1.91. The second kappa shape index (κ2) is 3.40. The Morgan fingerprint density at radius 1 is 1.57 bits per heavy atom. The van der Waals surface area contributed by atoms with E-state index in [0.717, 1.165) is 0 Å². The monoisotopic (exact) mass is 209 g/mol. The number of nitrogens with zero attached hydrogens (tertiary/aromatic N) is 2. The van der Waals surface area contributed by atoms with E-state index < -0.39 is 6.10 Å². The van der Waals surface area contributed by atoms with Crippen molar-refractivity contribution in [3.8, 4) is 0 Å². The molecule has 0 aromatic carbocycles. The molecule has 1 unspecified atom stereocenters. The van der Waals surface area contributed by atoms with Crippen molar-refractivity contribution < 1.29 is 5.11 Å². The number of hydrogen-bond donors (Lipinski definition) is 2. The Bertz CT molecular complexity index is 480. The van der Waals surface area contributed by atoms with Crippen molar-refractivity contribution in [3.63, 3.8) is 0 Å². The SMILES string of the molecule is C=CC(O)c1c[nH]c2ncnc(Cl)c12. The molecule has 2 N–H and O–H groups in total. The van der Waals surface area contributed by atoms with Crippen LogP contribution in [0.1, 0.15) is 11.7 Å². The molecule has 72 valence electrons. The molecule has 0 saturated carbocycles. The maximum atomic E-state index is 9.59. The Labute approximate surface area is 85.3 Å². The molecule has 0 aliphatic rings. The van der Waals surface area contributed by atoms with Crippen LogP contribution in [0.4, 0.5) is 0 Å². The van der Waals surface area contributed by atoms with Crippen LogP contribution in [0.25, 0.3) is 11.0 Å². The standard InChI is InChI=1S/C9H8ClN3O/c1-2-6(14)5-3-11-9-7(5)8(10)12-4-13-9/h2-4,6,14H,1H2,(H,11,12,13). The maximum absolute atomic E-state index is 9.59. The molecule has 14 heavy (non-hydrogen) atoms. The molecular formula is C9H8ClN3O. The molecule has 2 aromatic rings. The van der Waals surface area contributed by atoms with E-state index in [0.29, 0.717) is 21.7 Å². The number of rotatable bonds is 2. The molecule has 2 heterocycles. The van der Waals surface area contributed by atoms with Crippen molar-refractivity contribution in [1.82, 2.24) is 15.0 Å². The summed E-state index contributed by atoms with van der Waals surface area (Å²) in [5.74, 6) is 0. The fourth-order valence-corrected chi connectivity index (χ4v) is 1.55. The number of nitrogens with one attached hydrogen (secondary N) is 1. The quantitative estimate of drug-likeness (QED) is 0.586. The number of aromatic nitrogens is 3. The van der Waals surface area contributed by atoms with Crippen molar-refractivity contribution in [3.05, 3.63) is 35.9 Å². The number of H-pyrrole nitrogens is 1. The zero-order chi connectivity index (χ0) is 10.1. The zero-order valence-corrected chi connectivity index (χ0v) is 7.99. The number of hydrogen-bond acceptors (Lipinski definition) is 3. The number of fused-ring (bicyclic) bond motifs is 1. The number of aliphatic hydroxyl groups excluding tert-OH is 1. The summed E-state index contributed by atoms with van der Waals surface area (Å²) in [5, 5.41) is 10.6. The lowest BCUT2D eigenvalue weighted by Gasteiger charge is -2.02. The van der Waals surface area contributed by atoms with Crippen LogP contribution in [0.5, 0.6) is 0 Å². The van der Waals surface area contributed by atoms with E-state index in [-0.39, 0.29) is 0 Å². The smallest absolute Gasteiger partial charge is 0.142 e. The van der Waals surface area contributed by atoms with Gasteiger partial charge >= 0.3 is 0 Å². The van der Waals surface area contributed by atoms with Crippen LogP contribution in [0.2, 0.25) is 5.15 Å². The summed E-state index contributed by atoms with van der Waals surface area (Å²) >= 11 is 5.89. The summed E-state index contributed by atoms with van der Waals surface area (Å²) in [6.07, 6.45) is 3.68. The third-order valence-corrected chi connectivity index (χ3v) is 2.28. The zero-order valence-electron chi connectivity index (χ0n) is 7.24. The fraction of sp³-hybridized carbons (Fsp3) is 0.111. The van der Waals surface area contributed by atoms with Gasteiger partial charge in [-0.05, 0) is 0 Å². The normalized spacial score (nSPS) is 13.0. The van der Waals surface area contributed by atoms with E-state index in [1.54, 1.807) is 6.20 Å². The number of halogens is 1. The molecule has 0 fully saturated rings. The molecule has 0 aliphatic heterocycles. The summed E-state index contributed by atoms with van der Waals surface area (Å²) in [7, 11) is 0. The Morgan fingerprint density at radius 2 is 2.36 bits per heavy atom. The van der Waals surface area contributed by atoms with Crippen LogP contribution in [0, 0.1) is 0 Å². The molecule has 1 atom stereocenters. The molecule has 0 aliphatic carbocycles. The lowest BCUT2D eigenvalue weighted by atomic mass is 10.1. The first-order chi connectivity index (χ1) is 6.74. The Kier molecular flexibility index (Phi) is 2.23. The van der Waals surface area contributed by atoms with Gasteiger partial charge in [0.15, 0.2) is 0 Å². The maximum Gasteiger partial charge on any atom is 0.142 e. The molecular weight excluding hydrogens is 202 g/mol. The van der Waals surface area contributed by atoms with Crippen LogP contribution in [0.15, 0.2) is 25.2 Å². The largest absolute Gasteiger partial charge is 0.384 e. The molecule has 4 nitrogen and oxygen atoms in total. The fourth-order valence-electron chi connectivity index (χ4n) is 1.31. The van der Waals surface area contributed by atoms with Gasteiger partial charge in [0.1, 0.15) is 17.1 Å². The van der Waals surface area contributed by atoms with Gasteiger partial charge in [0.25, 0.3) is 0 Å². The highest BCUT2D eigenvalue weighted by atomic mass is 35.5. The van der Waals surface area contributed by atoms with Gasteiger partial charge in [-0.3, -0.25) is 0 Å². The van der Waals surface area contributed by atoms with Crippen LogP contribution >= 0.6 is 11.6 Å². The number of aromatic amines is 1. The van der Waals surface area contributed by atoms with Crippen molar-refractivity contribution in [2.75, 3.05) is 0 Å². The second-order valence-corrected chi connectivity index (χ2v) is 3.17. The van der Waals surface area contributed by atoms with Crippen LogP contribution in [0.3, 0.4) is 0 Å². The third-order valence-electron chi connectivity index (χ3n) is 2.00. The minimum atomic E-state index is -0.757. The van der Waals surface area contributed by atoms with Crippen molar-refractivity contribution in [1.29, 1.82) is 0 Å². The van der Waals surface area contributed by atoms with Gasteiger partial charge in [0, 0.05) is 11.8 Å². The third kappa shape index (κ3) is 1.29. The minimum Gasteiger partial charge on any atom is -0.384 e. The summed E-state index contributed by atoms with van der Waals surface area (Å²) in [6, 6.07) is 0. The van der Waals surface area contributed by atoms with Crippen molar-refractivity contribution >= 4 is 22.6 Å². The highest BCUT2D eigenvalue weighted by molar-refractivity contribution is 6.34. The van der Waals surface area contributed by atoms with E-state index in [4.69, 9.17) is 11.6 Å². The molecule has 2 rings (SSSR count). The van der Waals surface area contributed by atoms with E-state index in [1.165, 1.54) is 12.4 Å². The van der Waals surface area contributed by atoms with E-state index in [1.807, 2.05) is 0 Å². The van der Waals surface area contributed by atoms with Gasteiger partial charge in [-0.2, -0.15) is 0 Å². The van der Waals surface area contributed by atoms with E-state index in [2.05, 4.69) is 21.5 Å². The van der Waals surface area contributed by atoms with Crippen molar-refractivity contribution in [2.45, 2.75) is 6.10 Å². The Balaban J connectivity index is 2.72.